The number of nitrogens with two attached hydrogens (primary N) is 4. The SMILES string of the molecule is CC(NC(=O)CNC(=O)C(N)CCCN=C(N)N)C(=O)NCCCCNCCC(=O)NCCCCCNC(=O)C(CC(N)=O)NC(=O)Cc1ccc(O)cc1O. The summed E-state index contributed by atoms with van der Waals surface area (Å²) in [5.74, 6) is -3.98. The zero-order valence-electron chi connectivity index (χ0n) is 32.0. The highest BCUT2D eigenvalue weighted by Gasteiger charge is 2.23. The lowest BCUT2D eigenvalue weighted by atomic mass is 10.1. The molecular weight excluding hydrogens is 732 g/mol. The van der Waals surface area contributed by atoms with Crippen LogP contribution in [-0.4, -0.2) is 121 Å². The number of carbonyl (C=O) groups excluding carboxylic acids is 7. The number of guanidine groups is 1. The van der Waals surface area contributed by atoms with Gasteiger partial charge >= 0.3 is 0 Å². The first-order valence-corrected chi connectivity index (χ1v) is 18.6. The molecule has 0 saturated carbocycles. The lowest BCUT2D eigenvalue weighted by Gasteiger charge is -2.17. The van der Waals surface area contributed by atoms with Crippen LogP contribution in [0.4, 0.5) is 0 Å². The van der Waals surface area contributed by atoms with Crippen molar-refractivity contribution in [3.05, 3.63) is 23.8 Å². The van der Waals surface area contributed by atoms with Crippen LogP contribution in [0.15, 0.2) is 23.2 Å². The van der Waals surface area contributed by atoms with Gasteiger partial charge in [0.25, 0.3) is 0 Å². The van der Waals surface area contributed by atoms with Crippen LogP contribution in [0.5, 0.6) is 11.5 Å². The Balaban J connectivity index is 2.09. The number of nitrogens with zero attached hydrogens (tertiary/aromatic N) is 1. The summed E-state index contributed by atoms with van der Waals surface area (Å²) in [6, 6.07) is 0.941. The lowest BCUT2D eigenvalue weighted by Crippen LogP contribution is -2.50. The summed E-state index contributed by atoms with van der Waals surface area (Å²) in [7, 11) is 0. The van der Waals surface area contributed by atoms with Crippen LogP contribution in [0.1, 0.15) is 70.3 Å². The molecule has 21 heteroatoms. The molecule has 0 fully saturated rings. The first-order chi connectivity index (χ1) is 26.6. The Kier molecular flexibility index (Phi) is 24.0. The predicted octanol–water partition coefficient (Wildman–Crippen LogP) is -3.72. The van der Waals surface area contributed by atoms with Gasteiger partial charge in [-0.3, -0.25) is 38.6 Å². The molecule has 0 bridgehead atoms. The maximum atomic E-state index is 12.6. The smallest absolute Gasteiger partial charge is 0.243 e. The molecule has 1 aromatic rings. The number of hydrogen-bond donors (Lipinski definition) is 13. The third-order valence-corrected chi connectivity index (χ3v) is 8.06. The Bertz CT molecular complexity index is 1470. The normalized spacial score (nSPS) is 12.2. The van der Waals surface area contributed by atoms with Gasteiger partial charge in [-0.25, -0.2) is 0 Å². The van der Waals surface area contributed by atoms with Crippen molar-refractivity contribution in [2.45, 2.75) is 89.3 Å². The number of unbranched alkanes of at least 4 members (excludes halogenated alkanes) is 3. The van der Waals surface area contributed by atoms with E-state index in [-0.39, 0.29) is 60.8 Å². The fraction of sp³-hybridized carbons (Fsp3) is 0.600. The third-order valence-electron chi connectivity index (χ3n) is 8.06. The van der Waals surface area contributed by atoms with E-state index >= 15 is 0 Å². The van der Waals surface area contributed by atoms with Crippen LogP contribution in [0.2, 0.25) is 0 Å². The maximum Gasteiger partial charge on any atom is 0.243 e. The number of aliphatic imine (C=N–C) groups is 1. The van der Waals surface area contributed by atoms with Crippen molar-refractivity contribution in [3.8, 4) is 11.5 Å². The summed E-state index contributed by atoms with van der Waals surface area (Å²) in [5.41, 5.74) is 21.7. The minimum atomic E-state index is -1.19. The molecule has 21 nitrogen and oxygen atoms in total. The Morgan fingerprint density at radius 1 is 0.714 bits per heavy atom. The van der Waals surface area contributed by atoms with Gasteiger partial charge in [-0.1, -0.05) is 6.07 Å². The summed E-state index contributed by atoms with van der Waals surface area (Å²) in [6.45, 7) is 3.80. The molecule has 314 valence electrons. The van der Waals surface area contributed by atoms with Gasteiger partial charge in [-0.15, -0.1) is 0 Å². The van der Waals surface area contributed by atoms with Gasteiger partial charge in [-0.2, -0.15) is 0 Å². The number of amides is 7. The van der Waals surface area contributed by atoms with Crippen molar-refractivity contribution in [1.82, 2.24) is 37.2 Å². The van der Waals surface area contributed by atoms with Crippen LogP contribution in [0.3, 0.4) is 0 Å². The van der Waals surface area contributed by atoms with Crippen LogP contribution in [0, 0.1) is 0 Å². The van der Waals surface area contributed by atoms with E-state index in [1.165, 1.54) is 19.1 Å². The van der Waals surface area contributed by atoms with E-state index < -0.39 is 54.1 Å². The molecule has 7 amide bonds. The second-order valence-corrected chi connectivity index (χ2v) is 13.0. The number of nitrogens with one attached hydrogen (secondary N) is 7. The predicted molar refractivity (Wildman–Crippen MR) is 207 cm³/mol. The van der Waals surface area contributed by atoms with Crippen molar-refractivity contribution in [1.29, 1.82) is 0 Å². The molecule has 0 aliphatic heterocycles. The topological polar surface area (TPSA) is 361 Å². The van der Waals surface area contributed by atoms with E-state index in [4.69, 9.17) is 22.9 Å². The first kappa shape index (κ1) is 48.3. The minimum Gasteiger partial charge on any atom is -0.508 e. The number of phenolic OH excluding ortho intramolecular Hbond substituents is 2. The van der Waals surface area contributed by atoms with Crippen LogP contribution in [-0.2, 0) is 40.0 Å². The molecule has 0 spiro atoms. The van der Waals surface area contributed by atoms with E-state index in [0.717, 1.165) is 12.5 Å². The number of hydrogen-bond acceptors (Lipinski definition) is 12. The molecule has 17 N–H and O–H groups in total. The van der Waals surface area contributed by atoms with E-state index in [1.807, 2.05) is 0 Å². The van der Waals surface area contributed by atoms with Gasteiger partial charge in [0.1, 0.15) is 23.6 Å². The number of aromatic hydroxyl groups is 2. The van der Waals surface area contributed by atoms with E-state index in [2.05, 4.69) is 42.2 Å². The highest BCUT2D eigenvalue weighted by molar-refractivity contribution is 5.92. The second-order valence-electron chi connectivity index (χ2n) is 13.0. The average molecular weight is 793 g/mol. The number of phenols is 2. The Morgan fingerprint density at radius 3 is 2.02 bits per heavy atom. The van der Waals surface area contributed by atoms with Crippen molar-refractivity contribution >= 4 is 47.3 Å². The van der Waals surface area contributed by atoms with Gasteiger partial charge in [0.15, 0.2) is 5.96 Å². The standard InChI is InChI=1S/C35H60N12O9/c1-22(46-31(53)21-45-33(55)25(36)8-7-16-44-35(38)39)32(54)42-15-6-5-12-40-17-11-29(51)41-13-3-2-4-14-43-34(56)26(20-28(37)50)47-30(52)18-23-9-10-24(48)19-27(23)49/h9-10,19,22,25-26,40,48-49H,2-8,11-18,20-21,36H2,1H3,(H2,37,50)(H,41,51)(H,42,54)(H,43,56)(H,45,55)(H,46,53)(H,47,52)(H4,38,39,44). The zero-order chi connectivity index (χ0) is 41.9. The third kappa shape index (κ3) is 23.2. The molecule has 0 heterocycles. The average Bonchev–Trinajstić information content (AvgIpc) is 3.13. The molecule has 0 aromatic heterocycles. The molecular formula is C35H60N12O9. The van der Waals surface area contributed by atoms with E-state index in [9.17, 15) is 43.8 Å². The fourth-order valence-electron chi connectivity index (χ4n) is 4.98. The summed E-state index contributed by atoms with van der Waals surface area (Å²) in [6.07, 6.45) is 3.82. The van der Waals surface area contributed by atoms with Crippen LogP contribution in [0.25, 0.3) is 0 Å². The summed E-state index contributed by atoms with van der Waals surface area (Å²) < 4.78 is 0. The number of benzene rings is 1. The maximum absolute atomic E-state index is 12.6. The molecule has 56 heavy (non-hydrogen) atoms. The quantitative estimate of drug-likeness (QED) is 0.0211. The van der Waals surface area contributed by atoms with Crippen molar-refractivity contribution in [2.24, 2.45) is 27.9 Å². The molecule has 0 aliphatic carbocycles. The zero-order valence-corrected chi connectivity index (χ0v) is 32.0. The van der Waals surface area contributed by atoms with Gasteiger partial charge in [-0.05, 0) is 64.5 Å². The van der Waals surface area contributed by atoms with Gasteiger partial charge < -0.3 is 70.4 Å². The largest absolute Gasteiger partial charge is 0.508 e. The number of rotatable bonds is 29. The molecule has 0 radical (unpaired) electrons. The minimum absolute atomic E-state index is 0.0466. The molecule has 0 saturated heterocycles. The summed E-state index contributed by atoms with van der Waals surface area (Å²) in [4.78, 5) is 88.9. The first-order valence-electron chi connectivity index (χ1n) is 18.6. The lowest BCUT2D eigenvalue weighted by molar-refractivity contribution is -0.131. The van der Waals surface area contributed by atoms with E-state index in [0.29, 0.717) is 71.2 Å². The molecule has 3 unspecified atom stereocenters. The molecule has 3 atom stereocenters. The molecule has 0 aliphatic rings. The van der Waals surface area contributed by atoms with Crippen LogP contribution >= 0.6 is 0 Å². The highest BCUT2D eigenvalue weighted by atomic mass is 16.3. The van der Waals surface area contributed by atoms with Gasteiger partial charge in [0.2, 0.25) is 41.4 Å². The van der Waals surface area contributed by atoms with Crippen molar-refractivity contribution < 1.29 is 43.8 Å². The van der Waals surface area contributed by atoms with Crippen molar-refractivity contribution in [2.75, 3.05) is 45.8 Å². The van der Waals surface area contributed by atoms with Gasteiger partial charge in [0, 0.05) is 50.8 Å². The van der Waals surface area contributed by atoms with E-state index in [1.54, 1.807) is 0 Å². The van der Waals surface area contributed by atoms with Gasteiger partial charge in [0.05, 0.1) is 25.4 Å². The summed E-state index contributed by atoms with van der Waals surface area (Å²) in [5, 5.41) is 38.1. The van der Waals surface area contributed by atoms with Crippen LogP contribution < -0.4 is 60.2 Å². The second kappa shape index (κ2) is 27.8. The van der Waals surface area contributed by atoms with Crippen molar-refractivity contribution in [3.63, 3.8) is 0 Å². The summed E-state index contributed by atoms with van der Waals surface area (Å²) >= 11 is 0. The Labute approximate surface area is 326 Å². The highest BCUT2D eigenvalue weighted by Crippen LogP contribution is 2.22. The monoisotopic (exact) mass is 792 g/mol. The Morgan fingerprint density at radius 2 is 1.36 bits per heavy atom. The fourth-order valence-corrected chi connectivity index (χ4v) is 4.98. The number of primary amides is 1. The molecule has 1 aromatic carbocycles. The number of carbonyl (C=O) groups is 7. The Hall–Kier alpha value is -5.70. The molecule has 1 rings (SSSR count).